The first kappa shape index (κ1) is 21.5. The van der Waals surface area contributed by atoms with Gasteiger partial charge in [-0.15, -0.1) is 11.3 Å². The number of hydrogen-bond donors (Lipinski definition) is 0. The zero-order chi connectivity index (χ0) is 21.7. The Hall–Kier alpha value is -3.20. The largest absolute Gasteiger partial charge is 0.490 e. The monoisotopic (exact) mass is 430 g/mol. The van der Waals surface area contributed by atoms with E-state index in [1.165, 1.54) is 18.0 Å². The van der Waals surface area contributed by atoms with E-state index in [9.17, 15) is 14.4 Å². The van der Waals surface area contributed by atoms with E-state index in [0.29, 0.717) is 32.8 Å². The molecular formula is C21H22N2O6S. The summed E-state index contributed by atoms with van der Waals surface area (Å²) in [6.07, 6.45) is 1.69. The molecule has 158 valence electrons. The molecule has 1 unspecified atom stereocenters. The fraction of sp³-hybridized carbons (Fsp3) is 0.333. The first-order chi connectivity index (χ1) is 14.5. The van der Waals surface area contributed by atoms with Gasteiger partial charge in [0.25, 0.3) is 5.56 Å². The van der Waals surface area contributed by atoms with Gasteiger partial charge in [0, 0.05) is 0 Å². The van der Waals surface area contributed by atoms with Crippen LogP contribution in [0.25, 0.3) is 10.2 Å². The molecular weight excluding hydrogens is 408 g/mol. The maximum absolute atomic E-state index is 13.0. The second-order valence-corrected chi connectivity index (χ2v) is 7.44. The van der Waals surface area contributed by atoms with Gasteiger partial charge in [-0.2, -0.15) is 0 Å². The molecule has 0 radical (unpaired) electrons. The number of carbonyl (C=O) groups excluding carboxylic acids is 2. The first-order valence-electron chi connectivity index (χ1n) is 9.41. The van der Waals surface area contributed by atoms with Crippen molar-refractivity contribution in [3.8, 4) is 5.75 Å². The second-order valence-electron chi connectivity index (χ2n) is 6.44. The van der Waals surface area contributed by atoms with Crippen LogP contribution in [0.4, 0.5) is 0 Å². The average Bonchev–Trinajstić information content (AvgIpc) is 3.11. The Morgan fingerprint density at radius 2 is 1.93 bits per heavy atom. The number of thiophene rings is 1. The first-order valence-corrected chi connectivity index (χ1v) is 10.2. The molecule has 0 amide bonds. The number of benzene rings is 1. The Morgan fingerprint density at radius 3 is 2.60 bits per heavy atom. The predicted octanol–water partition coefficient (Wildman–Crippen LogP) is 3.13. The highest BCUT2D eigenvalue weighted by molar-refractivity contribution is 7.20. The van der Waals surface area contributed by atoms with Gasteiger partial charge in [-0.3, -0.25) is 9.36 Å². The van der Waals surface area contributed by atoms with Crippen LogP contribution in [0.2, 0.25) is 0 Å². The van der Waals surface area contributed by atoms with Crippen molar-refractivity contribution < 1.29 is 23.8 Å². The van der Waals surface area contributed by atoms with Crippen LogP contribution >= 0.6 is 11.3 Å². The molecule has 0 aliphatic heterocycles. The van der Waals surface area contributed by atoms with Crippen molar-refractivity contribution in [1.29, 1.82) is 0 Å². The summed E-state index contributed by atoms with van der Waals surface area (Å²) in [7, 11) is 1.27. The summed E-state index contributed by atoms with van der Waals surface area (Å²) in [5, 5.41) is 0.303. The third-order valence-electron chi connectivity index (χ3n) is 4.59. The van der Waals surface area contributed by atoms with Gasteiger partial charge in [0.15, 0.2) is 0 Å². The maximum atomic E-state index is 13.0. The van der Waals surface area contributed by atoms with E-state index in [1.54, 1.807) is 13.8 Å². The van der Waals surface area contributed by atoms with Gasteiger partial charge < -0.3 is 14.2 Å². The molecule has 30 heavy (non-hydrogen) atoms. The lowest BCUT2D eigenvalue weighted by molar-refractivity contribution is -0.144. The van der Waals surface area contributed by atoms with Crippen molar-refractivity contribution in [2.45, 2.75) is 26.3 Å². The summed E-state index contributed by atoms with van der Waals surface area (Å²) in [6, 6.07) is 8.44. The number of rotatable bonds is 8. The number of esters is 2. The lowest BCUT2D eigenvalue weighted by atomic mass is 10.2. The van der Waals surface area contributed by atoms with E-state index in [-0.39, 0.29) is 13.2 Å². The Labute approximate surface area is 177 Å². The van der Waals surface area contributed by atoms with Crippen LogP contribution in [0.1, 0.15) is 34.6 Å². The fourth-order valence-electron chi connectivity index (χ4n) is 3.04. The van der Waals surface area contributed by atoms with Crippen LogP contribution in [0.3, 0.4) is 0 Å². The minimum Gasteiger partial charge on any atom is -0.490 e. The lowest BCUT2D eigenvalue weighted by Gasteiger charge is -2.15. The summed E-state index contributed by atoms with van der Waals surface area (Å²) in [6.45, 7) is 3.73. The topological polar surface area (TPSA) is 96.7 Å². The average molecular weight is 430 g/mol. The van der Waals surface area contributed by atoms with Crippen LogP contribution in [0.5, 0.6) is 5.75 Å². The van der Waals surface area contributed by atoms with Gasteiger partial charge >= 0.3 is 11.9 Å². The van der Waals surface area contributed by atoms with Crippen LogP contribution in [0, 0.1) is 6.92 Å². The molecule has 0 bridgehead atoms. The molecule has 2 heterocycles. The molecule has 1 atom stereocenters. The molecule has 0 N–H and O–H groups in total. The van der Waals surface area contributed by atoms with Crippen molar-refractivity contribution >= 4 is 33.5 Å². The van der Waals surface area contributed by atoms with Crippen molar-refractivity contribution in [2.24, 2.45) is 0 Å². The zero-order valence-electron chi connectivity index (χ0n) is 16.9. The molecule has 0 saturated carbocycles. The molecule has 0 aliphatic carbocycles. The summed E-state index contributed by atoms with van der Waals surface area (Å²) in [5.74, 6) is -0.378. The van der Waals surface area contributed by atoms with Crippen LogP contribution in [-0.4, -0.2) is 41.8 Å². The van der Waals surface area contributed by atoms with Gasteiger partial charge in [0.05, 0.1) is 18.8 Å². The fourth-order valence-corrected chi connectivity index (χ4v) is 4.08. The van der Waals surface area contributed by atoms with Crippen LogP contribution in [-0.2, 0) is 14.3 Å². The number of aromatic nitrogens is 2. The SMILES string of the molecule is CCC(C(=O)OC)n1cnc2sc(C(=O)OCCOc3ccccc3)c(C)c2c1=O. The Morgan fingerprint density at radius 1 is 1.20 bits per heavy atom. The van der Waals surface area contributed by atoms with Crippen molar-refractivity contribution in [1.82, 2.24) is 9.55 Å². The molecule has 1 aromatic carbocycles. The molecule has 0 spiro atoms. The molecule has 2 aromatic heterocycles. The van der Waals surface area contributed by atoms with E-state index in [0.717, 1.165) is 11.3 Å². The van der Waals surface area contributed by atoms with Crippen molar-refractivity contribution in [3.63, 3.8) is 0 Å². The minimum absolute atomic E-state index is 0.0688. The number of nitrogens with zero attached hydrogens (tertiary/aromatic N) is 2. The summed E-state index contributed by atoms with van der Waals surface area (Å²) in [5.41, 5.74) is 0.0907. The van der Waals surface area contributed by atoms with E-state index >= 15 is 0 Å². The molecule has 3 rings (SSSR count). The van der Waals surface area contributed by atoms with E-state index in [2.05, 4.69) is 4.98 Å². The van der Waals surface area contributed by atoms with Crippen LogP contribution in [0.15, 0.2) is 41.5 Å². The Balaban J connectivity index is 1.77. The van der Waals surface area contributed by atoms with Crippen molar-refractivity contribution in [2.75, 3.05) is 20.3 Å². The number of carbonyl (C=O) groups is 2. The molecule has 0 saturated heterocycles. The van der Waals surface area contributed by atoms with E-state index in [1.807, 2.05) is 30.3 Å². The third-order valence-corrected chi connectivity index (χ3v) is 5.77. The van der Waals surface area contributed by atoms with Gasteiger partial charge in [0.1, 0.15) is 34.7 Å². The number of ether oxygens (including phenoxy) is 3. The normalized spacial score (nSPS) is 11.8. The Bertz CT molecular complexity index is 1110. The van der Waals surface area contributed by atoms with Gasteiger partial charge in [-0.05, 0) is 31.0 Å². The van der Waals surface area contributed by atoms with E-state index in [4.69, 9.17) is 14.2 Å². The molecule has 3 aromatic rings. The molecule has 0 fully saturated rings. The maximum Gasteiger partial charge on any atom is 0.348 e. The number of para-hydroxylation sites is 1. The highest BCUT2D eigenvalue weighted by Gasteiger charge is 2.25. The quantitative estimate of drug-likeness (QED) is 0.400. The smallest absolute Gasteiger partial charge is 0.348 e. The van der Waals surface area contributed by atoms with Gasteiger partial charge in [-0.1, -0.05) is 25.1 Å². The highest BCUT2D eigenvalue weighted by atomic mass is 32.1. The highest BCUT2D eigenvalue weighted by Crippen LogP contribution is 2.28. The summed E-state index contributed by atoms with van der Waals surface area (Å²) < 4.78 is 16.8. The zero-order valence-corrected chi connectivity index (χ0v) is 17.7. The predicted molar refractivity (Wildman–Crippen MR) is 112 cm³/mol. The van der Waals surface area contributed by atoms with Crippen LogP contribution < -0.4 is 10.3 Å². The molecule has 0 aliphatic rings. The minimum atomic E-state index is -0.774. The Kier molecular flexibility index (Phi) is 6.83. The molecule has 9 heteroatoms. The number of fused-ring (bicyclic) bond motifs is 1. The van der Waals surface area contributed by atoms with Gasteiger partial charge in [-0.25, -0.2) is 14.6 Å². The number of hydrogen-bond acceptors (Lipinski definition) is 8. The number of aryl methyl sites for hydroxylation is 1. The second kappa shape index (κ2) is 9.53. The molecule has 8 nitrogen and oxygen atoms in total. The third kappa shape index (κ3) is 4.35. The number of methoxy groups -OCH3 is 1. The summed E-state index contributed by atoms with van der Waals surface area (Å²) >= 11 is 1.09. The van der Waals surface area contributed by atoms with Gasteiger partial charge in [0.2, 0.25) is 0 Å². The van der Waals surface area contributed by atoms with E-state index < -0.39 is 23.5 Å². The van der Waals surface area contributed by atoms with Crippen molar-refractivity contribution in [3.05, 3.63) is 57.5 Å². The summed E-state index contributed by atoms with van der Waals surface area (Å²) in [4.78, 5) is 42.5. The lowest BCUT2D eigenvalue weighted by Crippen LogP contribution is -2.30. The standard InChI is InChI=1S/C21H22N2O6S/c1-4-15(20(25)27-3)23-12-22-18-16(19(23)24)13(2)17(30-18)21(26)29-11-10-28-14-8-6-5-7-9-14/h5-9,12,15H,4,10-11H2,1-3H3.